The van der Waals surface area contributed by atoms with Crippen LogP contribution in [0.1, 0.15) is 37.0 Å². The Bertz CT molecular complexity index is 409. The zero-order valence-electron chi connectivity index (χ0n) is 11.3. The first-order valence-electron chi connectivity index (χ1n) is 6.84. The molecule has 0 atom stereocenters. The van der Waals surface area contributed by atoms with Crippen LogP contribution in [0, 0.1) is 5.92 Å². The smallest absolute Gasteiger partial charge is 0.255 e. The van der Waals surface area contributed by atoms with E-state index in [1.165, 1.54) is 0 Å². The van der Waals surface area contributed by atoms with Gasteiger partial charge in [-0.05, 0) is 37.8 Å². The van der Waals surface area contributed by atoms with E-state index in [0.717, 1.165) is 49.6 Å². The van der Waals surface area contributed by atoms with Crippen LogP contribution in [-0.4, -0.2) is 30.4 Å². The molecule has 0 radical (unpaired) electrons. The number of nitrogens with zero attached hydrogens (tertiary/aromatic N) is 1. The number of rotatable bonds is 3. The molecule has 1 aliphatic heterocycles. The van der Waals surface area contributed by atoms with Crippen molar-refractivity contribution in [3.8, 4) is 0 Å². The molecule has 0 aliphatic carbocycles. The predicted molar refractivity (Wildman–Crippen MR) is 74.9 cm³/mol. The highest BCUT2D eigenvalue weighted by molar-refractivity contribution is 5.99. The maximum absolute atomic E-state index is 12.5. The first kappa shape index (κ1) is 12.9. The van der Waals surface area contributed by atoms with E-state index >= 15 is 0 Å². The van der Waals surface area contributed by atoms with E-state index in [1.54, 1.807) is 0 Å². The summed E-state index contributed by atoms with van der Waals surface area (Å²) in [6.07, 6.45) is 2.24. The van der Waals surface area contributed by atoms with Gasteiger partial charge in [0.25, 0.3) is 5.91 Å². The molecule has 1 saturated heterocycles. The van der Waals surface area contributed by atoms with Crippen LogP contribution in [0.15, 0.2) is 24.3 Å². The van der Waals surface area contributed by atoms with Gasteiger partial charge in [-0.1, -0.05) is 19.1 Å². The number of carbonyl (C=O) groups excluding carboxylic acids is 1. The lowest BCUT2D eigenvalue weighted by Crippen LogP contribution is -2.38. The molecule has 98 valence electrons. The van der Waals surface area contributed by atoms with Crippen molar-refractivity contribution >= 4 is 11.6 Å². The second-order valence-electron chi connectivity index (χ2n) is 5.05. The first-order valence-corrected chi connectivity index (χ1v) is 6.84. The Balaban J connectivity index is 2.13. The standard InChI is InChI=1S/C15H22N2O/c1-3-16-14-7-5-4-6-13(14)15(18)17-10-8-12(2)9-11-17/h4-7,12,16H,3,8-11H2,1-2H3. The fourth-order valence-corrected chi connectivity index (χ4v) is 2.40. The minimum atomic E-state index is 0.165. The van der Waals surface area contributed by atoms with E-state index in [9.17, 15) is 4.79 Å². The van der Waals surface area contributed by atoms with Crippen LogP contribution in [0.3, 0.4) is 0 Å². The van der Waals surface area contributed by atoms with E-state index < -0.39 is 0 Å². The van der Waals surface area contributed by atoms with Crippen molar-refractivity contribution in [3.63, 3.8) is 0 Å². The second kappa shape index (κ2) is 5.89. The molecular formula is C15H22N2O. The monoisotopic (exact) mass is 246 g/mol. The van der Waals surface area contributed by atoms with Gasteiger partial charge in [-0.3, -0.25) is 4.79 Å². The van der Waals surface area contributed by atoms with Crippen molar-refractivity contribution in [2.75, 3.05) is 25.0 Å². The Morgan fingerprint density at radius 3 is 2.67 bits per heavy atom. The van der Waals surface area contributed by atoms with Crippen molar-refractivity contribution in [2.45, 2.75) is 26.7 Å². The number of likely N-dealkylation sites (tertiary alicyclic amines) is 1. The Morgan fingerprint density at radius 1 is 1.33 bits per heavy atom. The van der Waals surface area contributed by atoms with Crippen molar-refractivity contribution < 1.29 is 4.79 Å². The number of hydrogen-bond donors (Lipinski definition) is 1. The molecule has 18 heavy (non-hydrogen) atoms. The summed E-state index contributed by atoms with van der Waals surface area (Å²) in [6, 6.07) is 7.79. The Labute approximate surface area is 109 Å². The fraction of sp³-hybridized carbons (Fsp3) is 0.533. The maximum Gasteiger partial charge on any atom is 0.255 e. The molecule has 1 aromatic rings. The molecule has 1 N–H and O–H groups in total. The molecule has 0 bridgehead atoms. The summed E-state index contributed by atoms with van der Waals surface area (Å²) in [5, 5.41) is 3.26. The Hall–Kier alpha value is -1.51. The first-order chi connectivity index (χ1) is 8.72. The number of piperidine rings is 1. The highest BCUT2D eigenvalue weighted by Crippen LogP contribution is 2.21. The molecular weight excluding hydrogens is 224 g/mol. The van der Waals surface area contributed by atoms with E-state index in [1.807, 2.05) is 36.1 Å². The van der Waals surface area contributed by atoms with Gasteiger partial charge in [0.15, 0.2) is 0 Å². The maximum atomic E-state index is 12.5. The van der Waals surface area contributed by atoms with Gasteiger partial charge < -0.3 is 10.2 Å². The van der Waals surface area contributed by atoms with Crippen LogP contribution < -0.4 is 5.32 Å². The molecule has 0 aromatic heterocycles. The van der Waals surface area contributed by atoms with Crippen LogP contribution >= 0.6 is 0 Å². The zero-order chi connectivity index (χ0) is 13.0. The largest absolute Gasteiger partial charge is 0.385 e. The number of anilines is 1. The summed E-state index contributed by atoms with van der Waals surface area (Å²) in [7, 11) is 0. The highest BCUT2D eigenvalue weighted by Gasteiger charge is 2.22. The number of benzene rings is 1. The van der Waals surface area contributed by atoms with Gasteiger partial charge in [0.05, 0.1) is 5.56 Å². The normalized spacial score (nSPS) is 16.7. The summed E-state index contributed by atoms with van der Waals surface area (Å²) in [6.45, 7) is 6.92. The van der Waals surface area contributed by atoms with Gasteiger partial charge in [0.2, 0.25) is 0 Å². The van der Waals surface area contributed by atoms with Gasteiger partial charge in [-0.15, -0.1) is 0 Å². The Kier molecular flexibility index (Phi) is 4.24. The number of nitrogens with one attached hydrogen (secondary N) is 1. The van der Waals surface area contributed by atoms with Crippen LogP contribution in [0.4, 0.5) is 5.69 Å². The fourth-order valence-electron chi connectivity index (χ4n) is 2.40. The number of para-hydroxylation sites is 1. The number of hydrogen-bond acceptors (Lipinski definition) is 2. The van der Waals surface area contributed by atoms with E-state index in [2.05, 4.69) is 12.2 Å². The summed E-state index contributed by atoms with van der Waals surface area (Å²) >= 11 is 0. The molecule has 1 aromatic carbocycles. The lowest BCUT2D eigenvalue weighted by molar-refractivity contribution is 0.0698. The molecule has 0 spiro atoms. The molecule has 2 rings (SSSR count). The van der Waals surface area contributed by atoms with Gasteiger partial charge in [-0.2, -0.15) is 0 Å². The van der Waals surface area contributed by atoms with Gasteiger partial charge in [-0.25, -0.2) is 0 Å². The van der Waals surface area contributed by atoms with Crippen LogP contribution in [0.5, 0.6) is 0 Å². The third kappa shape index (κ3) is 2.84. The lowest BCUT2D eigenvalue weighted by Gasteiger charge is -2.30. The van der Waals surface area contributed by atoms with Gasteiger partial charge >= 0.3 is 0 Å². The Morgan fingerprint density at radius 2 is 2.00 bits per heavy atom. The molecule has 1 amide bonds. The molecule has 1 heterocycles. The second-order valence-corrected chi connectivity index (χ2v) is 5.05. The third-order valence-electron chi connectivity index (χ3n) is 3.60. The van der Waals surface area contributed by atoms with Crippen LogP contribution in [0.25, 0.3) is 0 Å². The lowest BCUT2D eigenvalue weighted by atomic mass is 9.98. The van der Waals surface area contributed by atoms with Crippen LogP contribution in [-0.2, 0) is 0 Å². The summed E-state index contributed by atoms with van der Waals surface area (Å²) in [5.74, 6) is 0.913. The predicted octanol–water partition coefficient (Wildman–Crippen LogP) is 2.99. The van der Waals surface area contributed by atoms with E-state index in [0.29, 0.717) is 0 Å². The number of carbonyl (C=O) groups is 1. The minimum Gasteiger partial charge on any atom is -0.385 e. The van der Waals surface area contributed by atoms with Crippen LogP contribution in [0.2, 0.25) is 0 Å². The van der Waals surface area contributed by atoms with Crippen molar-refractivity contribution in [3.05, 3.63) is 29.8 Å². The molecule has 0 saturated carbocycles. The summed E-state index contributed by atoms with van der Waals surface area (Å²) in [4.78, 5) is 14.5. The minimum absolute atomic E-state index is 0.165. The average molecular weight is 246 g/mol. The molecule has 1 fully saturated rings. The third-order valence-corrected chi connectivity index (χ3v) is 3.60. The topological polar surface area (TPSA) is 32.3 Å². The quantitative estimate of drug-likeness (QED) is 0.889. The average Bonchev–Trinajstić information content (AvgIpc) is 2.40. The molecule has 1 aliphatic rings. The van der Waals surface area contributed by atoms with Crippen molar-refractivity contribution in [1.29, 1.82) is 0 Å². The SMILES string of the molecule is CCNc1ccccc1C(=O)N1CCC(C)CC1. The highest BCUT2D eigenvalue weighted by atomic mass is 16.2. The summed E-state index contributed by atoms with van der Waals surface area (Å²) in [5.41, 5.74) is 1.75. The van der Waals surface area contributed by atoms with Gasteiger partial charge in [0, 0.05) is 25.3 Å². The van der Waals surface area contributed by atoms with Crippen molar-refractivity contribution in [1.82, 2.24) is 4.90 Å². The molecule has 3 heteroatoms. The number of amides is 1. The van der Waals surface area contributed by atoms with Gasteiger partial charge in [0.1, 0.15) is 0 Å². The summed E-state index contributed by atoms with van der Waals surface area (Å²) < 4.78 is 0. The van der Waals surface area contributed by atoms with Crippen molar-refractivity contribution in [2.24, 2.45) is 5.92 Å². The van der Waals surface area contributed by atoms with E-state index in [4.69, 9.17) is 0 Å². The van der Waals surface area contributed by atoms with E-state index in [-0.39, 0.29) is 5.91 Å². The zero-order valence-corrected chi connectivity index (χ0v) is 11.3. The molecule has 0 unspecified atom stereocenters. The molecule has 3 nitrogen and oxygen atoms in total.